The topological polar surface area (TPSA) is 61.4 Å². The lowest BCUT2D eigenvalue weighted by Gasteiger charge is -2.16. The Bertz CT molecular complexity index is 429. The molecular formula is C13H18BrFN2O2. The first kappa shape index (κ1) is 15.9. The Morgan fingerprint density at radius 2 is 2.26 bits per heavy atom. The van der Waals surface area contributed by atoms with Crippen LogP contribution in [0.25, 0.3) is 0 Å². The number of halogens is 2. The molecule has 1 aromatic carbocycles. The molecule has 0 aromatic heterocycles. The van der Waals surface area contributed by atoms with Crippen molar-refractivity contribution in [3.05, 3.63) is 34.1 Å². The number of benzene rings is 1. The molecule has 2 amide bonds. The fourth-order valence-electron chi connectivity index (χ4n) is 1.62. The van der Waals surface area contributed by atoms with Crippen LogP contribution in [0.1, 0.15) is 25.3 Å². The molecular weight excluding hydrogens is 315 g/mol. The van der Waals surface area contributed by atoms with E-state index < -0.39 is 0 Å². The lowest BCUT2D eigenvalue weighted by atomic mass is 10.1. The number of rotatable bonds is 6. The molecule has 0 saturated carbocycles. The minimum Gasteiger partial charge on any atom is -0.396 e. The van der Waals surface area contributed by atoms with Crippen LogP contribution in [0.2, 0.25) is 0 Å². The number of nitrogens with one attached hydrogen (secondary N) is 2. The van der Waals surface area contributed by atoms with Crippen LogP contribution in [0.4, 0.5) is 9.18 Å². The minimum absolute atomic E-state index is 0.0268. The first-order valence-corrected chi connectivity index (χ1v) is 6.95. The molecule has 1 atom stereocenters. The van der Waals surface area contributed by atoms with E-state index in [1.807, 2.05) is 6.92 Å². The van der Waals surface area contributed by atoms with Crippen molar-refractivity contribution in [2.45, 2.75) is 32.4 Å². The third-order valence-electron chi connectivity index (χ3n) is 2.75. The number of hydrogen-bond donors (Lipinski definition) is 3. The summed E-state index contributed by atoms with van der Waals surface area (Å²) < 4.78 is 14.2. The second kappa shape index (κ2) is 8.12. The Morgan fingerprint density at radius 1 is 1.53 bits per heavy atom. The Labute approximate surface area is 120 Å². The first-order valence-electron chi connectivity index (χ1n) is 6.16. The zero-order valence-electron chi connectivity index (χ0n) is 10.7. The molecule has 1 rings (SSSR count). The third kappa shape index (κ3) is 5.57. The maximum absolute atomic E-state index is 13.4. The average Bonchev–Trinajstić information content (AvgIpc) is 2.39. The second-order valence-corrected chi connectivity index (χ2v) is 5.10. The summed E-state index contributed by atoms with van der Waals surface area (Å²) in [6.45, 7) is 2.07. The lowest BCUT2D eigenvalue weighted by Crippen LogP contribution is -2.42. The van der Waals surface area contributed by atoms with Crippen LogP contribution in [0.3, 0.4) is 0 Å². The molecule has 1 unspecified atom stereocenters. The highest BCUT2D eigenvalue weighted by Gasteiger charge is 2.10. The first-order chi connectivity index (χ1) is 9.06. The average molecular weight is 333 g/mol. The van der Waals surface area contributed by atoms with Crippen molar-refractivity contribution in [3.8, 4) is 0 Å². The van der Waals surface area contributed by atoms with Crippen molar-refractivity contribution in [1.82, 2.24) is 10.6 Å². The maximum atomic E-state index is 13.4. The van der Waals surface area contributed by atoms with Crippen molar-refractivity contribution < 1.29 is 14.3 Å². The van der Waals surface area contributed by atoms with Gasteiger partial charge >= 0.3 is 6.03 Å². The summed E-state index contributed by atoms with van der Waals surface area (Å²) in [6.07, 6.45) is 1.24. The predicted octanol–water partition coefficient (Wildman–Crippen LogP) is 2.55. The van der Waals surface area contributed by atoms with E-state index in [4.69, 9.17) is 5.11 Å². The van der Waals surface area contributed by atoms with Gasteiger partial charge in [0.25, 0.3) is 0 Å². The quantitative estimate of drug-likeness (QED) is 0.749. The van der Waals surface area contributed by atoms with Crippen molar-refractivity contribution in [2.24, 2.45) is 0 Å². The number of aliphatic hydroxyl groups is 1. The monoisotopic (exact) mass is 332 g/mol. The van der Waals surface area contributed by atoms with Crippen LogP contribution in [-0.2, 0) is 6.54 Å². The van der Waals surface area contributed by atoms with Gasteiger partial charge < -0.3 is 15.7 Å². The van der Waals surface area contributed by atoms with E-state index in [1.54, 1.807) is 12.1 Å². The zero-order valence-corrected chi connectivity index (χ0v) is 12.3. The molecule has 0 saturated heterocycles. The van der Waals surface area contributed by atoms with Gasteiger partial charge in [0.2, 0.25) is 0 Å². The molecule has 1 aromatic rings. The smallest absolute Gasteiger partial charge is 0.315 e. The molecule has 0 bridgehead atoms. The van der Waals surface area contributed by atoms with E-state index in [2.05, 4.69) is 26.6 Å². The van der Waals surface area contributed by atoms with Gasteiger partial charge in [0.05, 0.1) is 0 Å². The summed E-state index contributed by atoms with van der Waals surface area (Å²) in [5.41, 5.74) is 0.416. The largest absolute Gasteiger partial charge is 0.396 e. The normalized spacial score (nSPS) is 12.0. The fourth-order valence-corrected chi connectivity index (χ4v) is 2.03. The highest BCUT2D eigenvalue weighted by molar-refractivity contribution is 9.10. The number of aliphatic hydroxyl groups excluding tert-OH is 1. The highest BCUT2D eigenvalue weighted by Crippen LogP contribution is 2.15. The van der Waals surface area contributed by atoms with Gasteiger partial charge in [-0.3, -0.25) is 0 Å². The van der Waals surface area contributed by atoms with Gasteiger partial charge in [0.1, 0.15) is 5.82 Å². The van der Waals surface area contributed by atoms with Gasteiger partial charge in [-0.05, 0) is 31.0 Å². The fraction of sp³-hybridized carbons (Fsp3) is 0.462. The van der Waals surface area contributed by atoms with Crippen LogP contribution in [0.5, 0.6) is 0 Å². The molecule has 106 valence electrons. The van der Waals surface area contributed by atoms with Crippen molar-refractivity contribution in [2.75, 3.05) is 6.61 Å². The molecule has 0 aliphatic rings. The van der Waals surface area contributed by atoms with Gasteiger partial charge in [-0.1, -0.05) is 22.9 Å². The summed E-state index contributed by atoms with van der Waals surface area (Å²) in [5, 5.41) is 14.2. The van der Waals surface area contributed by atoms with Gasteiger partial charge in [0, 0.05) is 29.2 Å². The summed E-state index contributed by atoms with van der Waals surface area (Å²) in [6, 6.07) is 4.14. The number of hydrogen-bond acceptors (Lipinski definition) is 2. The molecule has 0 fully saturated rings. The summed E-state index contributed by atoms with van der Waals surface area (Å²) >= 11 is 3.25. The Hall–Kier alpha value is -1.14. The number of carbonyl (C=O) groups excluding carboxylic acids is 1. The van der Waals surface area contributed by atoms with E-state index in [0.717, 1.165) is 10.9 Å². The van der Waals surface area contributed by atoms with E-state index in [-0.39, 0.29) is 31.0 Å². The van der Waals surface area contributed by atoms with Gasteiger partial charge in [-0.15, -0.1) is 0 Å². The highest BCUT2D eigenvalue weighted by atomic mass is 79.9. The van der Waals surface area contributed by atoms with Crippen LogP contribution >= 0.6 is 15.9 Å². The second-order valence-electron chi connectivity index (χ2n) is 4.18. The number of carbonyl (C=O) groups is 1. The van der Waals surface area contributed by atoms with Gasteiger partial charge in [0.15, 0.2) is 0 Å². The molecule has 0 radical (unpaired) electrons. The Balaban J connectivity index is 2.47. The van der Waals surface area contributed by atoms with Crippen LogP contribution in [0, 0.1) is 5.82 Å². The number of amides is 2. The van der Waals surface area contributed by atoms with E-state index in [0.29, 0.717) is 12.0 Å². The van der Waals surface area contributed by atoms with E-state index >= 15 is 0 Å². The van der Waals surface area contributed by atoms with Gasteiger partial charge in [-0.25, -0.2) is 9.18 Å². The van der Waals surface area contributed by atoms with Crippen LogP contribution < -0.4 is 10.6 Å². The molecule has 6 heteroatoms. The van der Waals surface area contributed by atoms with Crippen molar-refractivity contribution in [1.29, 1.82) is 0 Å². The Kier molecular flexibility index (Phi) is 6.80. The maximum Gasteiger partial charge on any atom is 0.315 e. The SMILES string of the molecule is CCC(CCO)NC(=O)NCc1cc(Br)ccc1F. The molecule has 0 spiro atoms. The number of urea groups is 1. The third-order valence-corrected chi connectivity index (χ3v) is 3.25. The molecule has 0 aliphatic carbocycles. The molecule has 0 heterocycles. The zero-order chi connectivity index (χ0) is 14.3. The van der Waals surface area contributed by atoms with E-state index in [1.165, 1.54) is 6.07 Å². The van der Waals surface area contributed by atoms with Crippen LogP contribution in [-0.4, -0.2) is 23.8 Å². The summed E-state index contributed by atoms with van der Waals surface area (Å²) in [7, 11) is 0. The molecule has 19 heavy (non-hydrogen) atoms. The standard InChI is InChI=1S/C13H18BrFN2O2/c1-2-11(5-6-18)17-13(19)16-8-9-7-10(14)3-4-12(9)15/h3-4,7,11,18H,2,5-6,8H2,1H3,(H2,16,17,19). The lowest BCUT2D eigenvalue weighted by molar-refractivity contribution is 0.227. The van der Waals surface area contributed by atoms with Crippen molar-refractivity contribution >= 4 is 22.0 Å². The molecule has 4 nitrogen and oxygen atoms in total. The minimum atomic E-state index is -0.361. The summed E-state index contributed by atoms with van der Waals surface area (Å²) in [4.78, 5) is 11.6. The van der Waals surface area contributed by atoms with Crippen molar-refractivity contribution in [3.63, 3.8) is 0 Å². The molecule has 3 N–H and O–H groups in total. The van der Waals surface area contributed by atoms with Gasteiger partial charge in [-0.2, -0.15) is 0 Å². The molecule has 0 aliphatic heterocycles. The summed E-state index contributed by atoms with van der Waals surface area (Å²) in [5.74, 6) is -0.356. The van der Waals surface area contributed by atoms with Crippen LogP contribution in [0.15, 0.2) is 22.7 Å². The van der Waals surface area contributed by atoms with E-state index in [9.17, 15) is 9.18 Å². The Morgan fingerprint density at radius 3 is 2.89 bits per heavy atom. The predicted molar refractivity (Wildman–Crippen MR) is 75.3 cm³/mol.